The molecule has 2 fully saturated rings. The lowest BCUT2D eigenvalue weighted by molar-refractivity contribution is -0.258. The summed E-state index contributed by atoms with van der Waals surface area (Å²) >= 11 is 0. The Morgan fingerprint density at radius 1 is 1.33 bits per heavy atom. The summed E-state index contributed by atoms with van der Waals surface area (Å²) in [7, 11) is 0. The third kappa shape index (κ3) is 2.19. The highest BCUT2D eigenvalue weighted by molar-refractivity contribution is 5.87. The Morgan fingerprint density at radius 2 is 2.05 bits per heavy atom. The summed E-state index contributed by atoms with van der Waals surface area (Å²) in [4.78, 5) is 18.1. The third-order valence-corrected chi connectivity index (χ3v) is 4.09. The molecule has 1 aliphatic carbocycles. The normalized spacial score (nSPS) is 29.2. The summed E-state index contributed by atoms with van der Waals surface area (Å²) in [5.74, 6) is -0.108. The minimum atomic E-state index is -0.842. The van der Waals surface area contributed by atoms with Crippen LogP contribution in [0.15, 0.2) is 35.9 Å². The molecule has 2 aliphatic rings. The smallest absolute Gasteiger partial charge is 0.280 e. The molecular formula is C17H21NO3. The Bertz CT molecular complexity index is 579. The number of hydrogen-bond acceptors (Lipinski definition) is 3. The van der Waals surface area contributed by atoms with Crippen molar-refractivity contribution in [2.75, 3.05) is 6.61 Å². The lowest BCUT2D eigenvalue weighted by Crippen LogP contribution is -2.53. The molecule has 0 bridgehead atoms. The first-order chi connectivity index (χ1) is 9.99. The quantitative estimate of drug-likeness (QED) is 0.857. The van der Waals surface area contributed by atoms with Crippen molar-refractivity contribution in [2.45, 2.75) is 44.9 Å². The van der Waals surface area contributed by atoms with Crippen molar-refractivity contribution < 1.29 is 14.4 Å². The number of rotatable bonds is 3. The van der Waals surface area contributed by atoms with Crippen molar-refractivity contribution in [3.8, 4) is 0 Å². The zero-order chi connectivity index (χ0) is 15.1. The molecule has 1 saturated heterocycles. The molecule has 0 aromatic heterocycles. The summed E-state index contributed by atoms with van der Waals surface area (Å²) in [6.07, 6.45) is 3.80. The Hall–Kier alpha value is -1.65. The number of nitrogens with zero attached hydrogens (tertiary/aromatic N) is 1. The molecule has 3 rings (SSSR count). The van der Waals surface area contributed by atoms with Gasteiger partial charge in [-0.2, -0.15) is 5.06 Å². The molecule has 4 nitrogen and oxygen atoms in total. The van der Waals surface area contributed by atoms with Gasteiger partial charge in [-0.15, -0.1) is 0 Å². The van der Waals surface area contributed by atoms with Crippen LogP contribution in [0.1, 0.15) is 39.2 Å². The molecule has 1 spiro atoms. The molecule has 21 heavy (non-hydrogen) atoms. The van der Waals surface area contributed by atoms with Crippen molar-refractivity contribution in [2.24, 2.45) is 0 Å². The van der Waals surface area contributed by atoms with Gasteiger partial charge in [-0.25, -0.2) is 0 Å². The number of ether oxygens (including phenoxy) is 1. The predicted molar refractivity (Wildman–Crippen MR) is 80.0 cm³/mol. The fourth-order valence-electron chi connectivity index (χ4n) is 2.97. The second-order valence-electron chi connectivity index (χ2n) is 5.99. The second kappa shape index (κ2) is 4.97. The van der Waals surface area contributed by atoms with E-state index in [1.165, 1.54) is 5.06 Å². The summed E-state index contributed by atoms with van der Waals surface area (Å²) in [6, 6.07) is 10.1. The highest BCUT2D eigenvalue weighted by Crippen LogP contribution is 2.52. The highest BCUT2D eigenvalue weighted by atomic mass is 16.7. The summed E-state index contributed by atoms with van der Waals surface area (Å²) in [6.45, 7) is 5.93. The molecule has 1 amide bonds. The molecule has 0 N–H and O–H groups in total. The van der Waals surface area contributed by atoms with Gasteiger partial charge in [0, 0.05) is 6.42 Å². The average Bonchev–Trinajstić information content (AvgIpc) is 2.68. The Balaban J connectivity index is 1.96. The van der Waals surface area contributed by atoms with Crippen molar-refractivity contribution in [3.63, 3.8) is 0 Å². The number of benzene rings is 1. The number of hydroxylamine groups is 2. The van der Waals surface area contributed by atoms with Gasteiger partial charge in [0.05, 0.1) is 6.61 Å². The highest BCUT2D eigenvalue weighted by Gasteiger charge is 2.62. The molecular weight excluding hydrogens is 266 g/mol. The Morgan fingerprint density at radius 3 is 2.62 bits per heavy atom. The van der Waals surface area contributed by atoms with Crippen molar-refractivity contribution in [3.05, 3.63) is 41.5 Å². The van der Waals surface area contributed by atoms with Crippen LogP contribution >= 0.6 is 0 Å². The zero-order valence-corrected chi connectivity index (χ0v) is 12.8. The van der Waals surface area contributed by atoms with Gasteiger partial charge >= 0.3 is 0 Å². The van der Waals surface area contributed by atoms with Crippen LogP contribution in [-0.4, -0.2) is 28.9 Å². The summed E-state index contributed by atoms with van der Waals surface area (Å²) < 4.78 is 6.12. The van der Waals surface area contributed by atoms with Gasteiger partial charge in [-0.3, -0.25) is 9.63 Å². The summed E-state index contributed by atoms with van der Waals surface area (Å²) in [5, 5.41) is 1.45. The van der Waals surface area contributed by atoms with Gasteiger partial charge in [0.15, 0.2) is 5.72 Å². The average molecular weight is 287 g/mol. The monoisotopic (exact) mass is 287 g/mol. The first kappa shape index (κ1) is 14.3. The van der Waals surface area contributed by atoms with Crippen LogP contribution in [-0.2, 0) is 14.4 Å². The van der Waals surface area contributed by atoms with Gasteiger partial charge in [0.25, 0.3) is 5.91 Å². The maximum Gasteiger partial charge on any atom is 0.280 e. The van der Waals surface area contributed by atoms with E-state index in [2.05, 4.69) is 6.08 Å². The topological polar surface area (TPSA) is 38.8 Å². The van der Waals surface area contributed by atoms with Crippen LogP contribution < -0.4 is 0 Å². The van der Waals surface area contributed by atoms with Gasteiger partial charge < -0.3 is 4.74 Å². The predicted octanol–water partition coefficient (Wildman–Crippen LogP) is 3.15. The molecule has 1 saturated carbocycles. The van der Waals surface area contributed by atoms with E-state index in [1.807, 2.05) is 37.3 Å². The second-order valence-corrected chi connectivity index (χ2v) is 5.99. The van der Waals surface area contributed by atoms with Gasteiger partial charge in [-0.05, 0) is 38.3 Å². The molecule has 1 unspecified atom stereocenters. The zero-order valence-electron chi connectivity index (χ0n) is 12.8. The van der Waals surface area contributed by atoms with E-state index in [0.29, 0.717) is 6.61 Å². The Kier molecular flexibility index (Phi) is 3.38. The number of carbonyl (C=O) groups is 1. The molecule has 1 aliphatic heterocycles. The molecule has 1 aromatic rings. The van der Waals surface area contributed by atoms with Crippen LogP contribution in [0.25, 0.3) is 6.08 Å². The molecule has 112 valence electrons. The third-order valence-electron chi connectivity index (χ3n) is 4.09. The van der Waals surface area contributed by atoms with Gasteiger partial charge in [0.1, 0.15) is 5.60 Å². The minimum Gasteiger partial charge on any atom is -0.333 e. The molecule has 1 atom stereocenters. The van der Waals surface area contributed by atoms with E-state index >= 15 is 0 Å². The SMILES string of the molecule is CCON1C(=O)C(C)(C)OC12CC/C2=C\c1ccccc1. The van der Waals surface area contributed by atoms with Crippen LogP contribution in [0, 0.1) is 0 Å². The van der Waals surface area contributed by atoms with E-state index in [1.54, 1.807) is 13.8 Å². The van der Waals surface area contributed by atoms with Crippen molar-refractivity contribution in [1.82, 2.24) is 5.06 Å². The number of hydrogen-bond donors (Lipinski definition) is 0. The van der Waals surface area contributed by atoms with Crippen LogP contribution in [0.5, 0.6) is 0 Å². The standard InChI is InChI=1S/C17H21NO3/c1-4-20-18-15(19)16(2,3)21-17(18)11-10-14(17)12-13-8-6-5-7-9-13/h5-9,12H,4,10-11H2,1-3H3/b14-12+. The largest absolute Gasteiger partial charge is 0.333 e. The van der Waals surface area contributed by atoms with E-state index in [9.17, 15) is 4.79 Å². The Labute approximate surface area is 125 Å². The maximum absolute atomic E-state index is 12.5. The fourth-order valence-corrected chi connectivity index (χ4v) is 2.97. The van der Waals surface area contributed by atoms with E-state index in [-0.39, 0.29) is 5.91 Å². The first-order valence-electron chi connectivity index (χ1n) is 7.43. The van der Waals surface area contributed by atoms with E-state index in [4.69, 9.17) is 9.57 Å². The van der Waals surface area contributed by atoms with Gasteiger partial charge in [-0.1, -0.05) is 36.4 Å². The minimum absolute atomic E-state index is 0.108. The first-order valence-corrected chi connectivity index (χ1v) is 7.43. The van der Waals surface area contributed by atoms with Gasteiger partial charge in [0.2, 0.25) is 0 Å². The lowest BCUT2D eigenvalue weighted by Gasteiger charge is -2.45. The molecule has 1 heterocycles. The molecule has 1 aromatic carbocycles. The summed E-state index contributed by atoms with van der Waals surface area (Å²) in [5.41, 5.74) is 0.655. The number of amides is 1. The fraction of sp³-hybridized carbons (Fsp3) is 0.471. The number of carbonyl (C=O) groups excluding carboxylic acids is 1. The van der Waals surface area contributed by atoms with Crippen LogP contribution in [0.4, 0.5) is 0 Å². The maximum atomic E-state index is 12.5. The molecule has 4 heteroatoms. The van der Waals surface area contributed by atoms with E-state index < -0.39 is 11.3 Å². The van der Waals surface area contributed by atoms with Crippen molar-refractivity contribution >= 4 is 12.0 Å². The van der Waals surface area contributed by atoms with Crippen LogP contribution in [0.3, 0.4) is 0 Å². The van der Waals surface area contributed by atoms with E-state index in [0.717, 1.165) is 24.0 Å². The van der Waals surface area contributed by atoms with Crippen LogP contribution in [0.2, 0.25) is 0 Å². The lowest BCUT2D eigenvalue weighted by atomic mass is 9.80. The molecule has 0 radical (unpaired) electrons. The van der Waals surface area contributed by atoms with Crippen molar-refractivity contribution in [1.29, 1.82) is 0 Å².